The third-order valence-electron chi connectivity index (χ3n) is 2.79. The number of rotatable bonds is 4. The maximum Gasteiger partial charge on any atom is 0.310 e. The molecule has 0 saturated heterocycles. The summed E-state index contributed by atoms with van der Waals surface area (Å²) in [7, 11) is 0. The van der Waals surface area contributed by atoms with Gasteiger partial charge in [-0.15, -0.1) is 0 Å². The highest BCUT2D eigenvalue weighted by molar-refractivity contribution is 6.05. The van der Waals surface area contributed by atoms with E-state index in [-0.39, 0.29) is 22.1 Å². The second kappa shape index (κ2) is 5.71. The predicted molar refractivity (Wildman–Crippen MR) is 72.8 cm³/mol. The zero-order chi connectivity index (χ0) is 16.3. The molecule has 0 saturated carbocycles. The summed E-state index contributed by atoms with van der Waals surface area (Å²) < 4.78 is 0. The Kier molecular flexibility index (Phi) is 3.81. The molecule has 10 heteroatoms. The molecule has 0 aliphatic carbocycles. The third-order valence-corrected chi connectivity index (χ3v) is 2.79. The van der Waals surface area contributed by atoms with E-state index in [0.29, 0.717) is 0 Å². The van der Waals surface area contributed by atoms with Crippen LogP contribution in [-0.2, 0) is 9.59 Å². The minimum atomic E-state index is -0.903. The van der Waals surface area contributed by atoms with E-state index in [1.54, 1.807) is 0 Å². The number of nitro groups is 2. The second-order valence-electron chi connectivity index (χ2n) is 3.89. The van der Waals surface area contributed by atoms with Gasteiger partial charge in [0, 0.05) is 0 Å². The van der Waals surface area contributed by atoms with Crippen LogP contribution in [0.25, 0.3) is 10.8 Å². The maximum absolute atomic E-state index is 11.2. The molecule has 0 atom stereocenters. The van der Waals surface area contributed by atoms with Crippen molar-refractivity contribution in [3.8, 4) is 0 Å². The monoisotopic (exact) mass is 300 g/mol. The van der Waals surface area contributed by atoms with Crippen molar-refractivity contribution in [2.75, 3.05) is 0 Å². The zero-order valence-corrected chi connectivity index (χ0v) is 10.5. The molecule has 10 nitrogen and oxygen atoms in total. The summed E-state index contributed by atoms with van der Waals surface area (Å²) in [4.78, 5) is 47.7. The fraction of sp³-hybridized carbons (Fsp3) is 0. The Hall–Kier alpha value is -3.74. The molecular formula is C12H4N4O6. The lowest BCUT2D eigenvalue weighted by molar-refractivity contribution is -0.389. The molecule has 2 aromatic carbocycles. The topological polar surface area (TPSA) is 145 Å². The van der Waals surface area contributed by atoms with E-state index < -0.39 is 21.2 Å². The predicted octanol–water partition coefficient (Wildman–Crippen LogP) is 2.59. The van der Waals surface area contributed by atoms with Crippen LogP contribution in [0, 0.1) is 20.2 Å². The summed E-state index contributed by atoms with van der Waals surface area (Å²) >= 11 is 0. The zero-order valence-electron chi connectivity index (χ0n) is 10.5. The van der Waals surface area contributed by atoms with Crippen molar-refractivity contribution in [1.82, 2.24) is 0 Å². The van der Waals surface area contributed by atoms with Crippen LogP contribution in [0.5, 0.6) is 0 Å². The summed E-state index contributed by atoms with van der Waals surface area (Å²) in [6.07, 6.45) is 2.29. The van der Waals surface area contributed by atoms with Crippen LogP contribution in [0.3, 0.4) is 0 Å². The number of hydrogen-bond donors (Lipinski definition) is 0. The Morgan fingerprint density at radius 2 is 1.23 bits per heavy atom. The number of nitrogens with zero attached hydrogens (tertiary/aromatic N) is 4. The lowest BCUT2D eigenvalue weighted by Crippen LogP contribution is -1.96. The van der Waals surface area contributed by atoms with Crippen molar-refractivity contribution in [3.63, 3.8) is 0 Å². The van der Waals surface area contributed by atoms with Crippen LogP contribution in [0.1, 0.15) is 0 Å². The van der Waals surface area contributed by atoms with E-state index >= 15 is 0 Å². The van der Waals surface area contributed by atoms with Crippen LogP contribution >= 0.6 is 0 Å². The number of carbonyl (C=O) groups excluding carboxylic acids is 2. The van der Waals surface area contributed by atoms with E-state index in [4.69, 9.17) is 0 Å². The molecule has 0 unspecified atom stereocenters. The van der Waals surface area contributed by atoms with Gasteiger partial charge in [0.05, 0.1) is 9.85 Å². The van der Waals surface area contributed by atoms with Gasteiger partial charge in [0.25, 0.3) is 0 Å². The first-order chi connectivity index (χ1) is 10.5. The van der Waals surface area contributed by atoms with Crippen LogP contribution in [0.2, 0.25) is 0 Å². The Morgan fingerprint density at radius 3 is 1.55 bits per heavy atom. The largest absolute Gasteiger partial charge is 0.310 e. The Labute approximate surface area is 120 Å². The molecule has 2 rings (SSSR count). The van der Waals surface area contributed by atoms with E-state index in [2.05, 4.69) is 9.98 Å². The number of hydrogen-bond acceptors (Lipinski definition) is 8. The number of fused-ring (bicyclic) bond motifs is 1. The van der Waals surface area contributed by atoms with Gasteiger partial charge in [0.15, 0.2) is 11.4 Å². The van der Waals surface area contributed by atoms with Crippen molar-refractivity contribution < 1.29 is 19.4 Å². The van der Waals surface area contributed by atoms with Crippen LogP contribution < -0.4 is 0 Å². The van der Waals surface area contributed by atoms with Gasteiger partial charge in [-0.05, 0) is 17.5 Å². The molecule has 0 N–H and O–H groups in total. The fourth-order valence-corrected chi connectivity index (χ4v) is 2.01. The van der Waals surface area contributed by atoms with E-state index in [9.17, 15) is 29.8 Å². The molecule has 22 heavy (non-hydrogen) atoms. The highest BCUT2D eigenvalue weighted by Crippen LogP contribution is 2.44. The molecule has 0 fully saturated rings. The average Bonchev–Trinajstić information content (AvgIpc) is 2.46. The van der Waals surface area contributed by atoms with Crippen LogP contribution in [0.15, 0.2) is 34.3 Å². The van der Waals surface area contributed by atoms with Gasteiger partial charge in [-0.25, -0.2) is 9.59 Å². The molecule has 0 radical (unpaired) electrons. The highest BCUT2D eigenvalue weighted by Gasteiger charge is 2.29. The average molecular weight is 300 g/mol. The van der Waals surface area contributed by atoms with Crippen molar-refractivity contribution in [3.05, 3.63) is 44.5 Å². The molecule has 0 spiro atoms. The summed E-state index contributed by atoms with van der Waals surface area (Å²) in [5.74, 6) is 0. The second-order valence-corrected chi connectivity index (χ2v) is 3.89. The molecule has 0 amide bonds. The smallest absolute Gasteiger partial charge is 0.258 e. The van der Waals surface area contributed by atoms with Crippen molar-refractivity contribution in [2.24, 2.45) is 9.98 Å². The Morgan fingerprint density at radius 1 is 0.818 bits per heavy atom. The quantitative estimate of drug-likeness (QED) is 0.367. The van der Waals surface area contributed by atoms with Gasteiger partial charge >= 0.3 is 11.4 Å². The summed E-state index contributed by atoms with van der Waals surface area (Å²) in [5.41, 5.74) is -2.25. The van der Waals surface area contributed by atoms with Crippen molar-refractivity contribution >= 4 is 45.7 Å². The number of aliphatic imine (C=N–C) groups is 2. The molecule has 0 aliphatic rings. The molecule has 108 valence electrons. The van der Waals surface area contributed by atoms with Gasteiger partial charge in [0.2, 0.25) is 12.2 Å². The molecule has 0 bridgehead atoms. The first kappa shape index (κ1) is 14.7. The molecule has 0 aromatic heterocycles. The van der Waals surface area contributed by atoms with Crippen molar-refractivity contribution in [1.29, 1.82) is 0 Å². The first-order valence-electron chi connectivity index (χ1n) is 5.55. The number of benzene rings is 2. The van der Waals surface area contributed by atoms with Gasteiger partial charge in [0.1, 0.15) is 5.39 Å². The van der Waals surface area contributed by atoms with Gasteiger partial charge in [-0.1, -0.05) is 12.1 Å². The number of isocyanates is 2. The maximum atomic E-state index is 11.2. The minimum Gasteiger partial charge on any atom is -0.258 e. The third kappa shape index (κ3) is 2.34. The summed E-state index contributed by atoms with van der Waals surface area (Å²) in [5, 5.41) is 22.3. The lowest BCUT2D eigenvalue weighted by atomic mass is 10.0. The van der Waals surface area contributed by atoms with Crippen molar-refractivity contribution in [2.45, 2.75) is 0 Å². The lowest BCUT2D eigenvalue weighted by Gasteiger charge is -2.04. The number of nitro benzene ring substituents is 2. The Balaban J connectivity index is 3.12. The minimum absolute atomic E-state index is 0.160. The van der Waals surface area contributed by atoms with Gasteiger partial charge in [-0.3, -0.25) is 20.2 Å². The van der Waals surface area contributed by atoms with E-state index in [1.807, 2.05) is 0 Å². The molecular weight excluding hydrogens is 296 g/mol. The Bertz CT molecular complexity index is 839. The van der Waals surface area contributed by atoms with Crippen LogP contribution in [-0.4, -0.2) is 22.0 Å². The van der Waals surface area contributed by atoms with Crippen LogP contribution in [0.4, 0.5) is 22.7 Å². The fourth-order valence-electron chi connectivity index (χ4n) is 2.01. The normalized spacial score (nSPS) is 9.64. The van der Waals surface area contributed by atoms with E-state index in [1.165, 1.54) is 12.1 Å². The molecule has 0 aliphatic heterocycles. The molecule has 2 aromatic rings. The molecule has 0 heterocycles. The van der Waals surface area contributed by atoms with E-state index in [0.717, 1.165) is 24.3 Å². The summed E-state index contributed by atoms with van der Waals surface area (Å²) in [6, 6.07) is 4.97. The standard InChI is InChI=1S/C12H4N4O6/c17-5-13-8-3-1-7-2-4-9(14-6-18)12(16(21)22)10(7)11(8)15(19)20/h1-4H. The first-order valence-corrected chi connectivity index (χ1v) is 5.55. The van der Waals surface area contributed by atoms with Gasteiger partial charge < -0.3 is 0 Å². The highest BCUT2D eigenvalue weighted by atomic mass is 16.6. The summed E-state index contributed by atoms with van der Waals surface area (Å²) in [6.45, 7) is 0. The SMILES string of the molecule is O=C=Nc1ccc2ccc(N=C=O)c([N+](=O)[O-])c2c1[N+](=O)[O-]. The van der Waals surface area contributed by atoms with Gasteiger partial charge in [-0.2, -0.15) is 9.98 Å².